The molecular formula is C50H80N2O2. The maximum atomic E-state index is 11.1. The molecule has 0 unspecified atom stereocenters. The second kappa shape index (κ2) is 44.5. The Morgan fingerprint density at radius 3 is 0.833 bits per heavy atom. The molecule has 2 amide bonds. The van der Waals surface area contributed by atoms with Crippen molar-refractivity contribution in [2.24, 2.45) is 0 Å². The topological polar surface area (TPSA) is 58.2 Å². The van der Waals surface area contributed by atoms with Crippen LogP contribution in [0, 0.1) is 0 Å². The molecule has 4 aromatic carbocycles. The Hall–Kier alpha value is -4.70. The Labute approximate surface area is 334 Å². The van der Waals surface area contributed by atoms with E-state index in [-0.39, 0.29) is 11.8 Å². The number of carbonyl (C=O) groups excluding carboxylic acids is 2. The molecule has 0 aromatic heterocycles. The van der Waals surface area contributed by atoms with Crippen molar-refractivity contribution in [2.75, 3.05) is 10.6 Å². The fraction of sp³-hybridized carbons (Fsp3) is 0.400. The first-order chi connectivity index (χ1) is 26.1. The standard InChI is InChI=1S/C16H18.2C10H11NO.2C3H8.4C2H6/c1-3-13-5-9-15(10-6-13)16-11-7-14(4-2)8-12-16;2*1-8(2)10(12)11-9-6-4-3-5-7-9;2*1-3-2;4*1-2/h5-12H,3-4H2,1-2H3;2*3-7H,1H2,2H3,(H,11,12);2*3H2,1-2H3;4*1-2H3. The Morgan fingerprint density at radius 1 is 0.426 bits per heavy atom. The van der Waals surface area contributed by atoms with E-state index < -0.39 is 0 Å². The molecule has 0 aliphatic carbocycles. The first-order valence-corrected chi connectivity index (χ1v) is 20.3. The summed E-state index contributed by atoms with van der Waals surface area (Å²) >= 11 is 0. The lowest BCUT2D eigenvalue weighted by molar-refractivity contribution is -0.113. The predicted octanol–water partition coefficient (Wildman–Crippen LogP) is 15.8. The fourth-order valence-electron chi connectivity index (χ4n) is 3.38. The van der Waals surface area contributed by atoms with Gasteiger partial charge in [0.05, 0.1) is 0 Å². The minimum Gasteiger partial charge on any atom is -0.322 e. The Morgan fingerprint density at radius 2 is 0.648 bits per heavy atom. The van der Waals surface area contributed by atoms with Crippen LogP contribution in [-0.4, -0.2) is 11.8 Å². The van der Waals surface area contributed by atoms with Crippen molar-refractivity contribution in [3.05, 3.63) is 145 Å². The summed E-state index contributed by atoms with van der Waals surface area (Å²) in [6.07, 6.45) is 4.71. The number of hydrogen-bond donors (Lipinski definition) is 2. The van der Waals surface area contributed by atoms with Gasteiger partial charge in [-0.1, -0.05) is 208 Å². The maximum Gasteiger partial charge on any atom is 0.250 e. The van der Waals surface area contributed by atoms with Gasteiger partial charge in [0.2, 0.25) is 0 Å². The molecule has 0 bridgehead atoms. The molecule has 0 spiro atoms. The van der Waals surface area contributed by atoms with Crippen LogP contribution in [0.4, 0.5) is 11.4 Å². The summed E-state index contributed by atoms with van der Waals surface area (Å²) in [6, 6.07) is 36.3. The zero-order valence-electron chi connectivity index (χ0n) is 37.5. The Balaban J connectivity index is -0.000000192. The molecule has 2 N–H and O–H groups in total. The van der Waals surface area contributed by atoms with Crippen molar-refractivity contribution < 1.29 is 9.59 Å². The number of hydrogen-bond acceptors (Lipinski definition) is 2. The summed E-state index contributed by atoms with van der Waals surface area (Å²) < 4.78 is 0. The number of aryl methyl sites for hydroxylation is 2. The van der Waals surface area contributed by atoms with Crippen molar-refractivity contribution in [1.29, 1.82) is 0 Å². The second-order valence-electron chi connectivity index (χ2n) is 10.7. The summed E-state index contributed by atoms with van der Waals surface area (Å²) in [5, 5.41) is 5.41. The van der Waals surface area contributed by atoms with E-state index in [0.717, 1.165) is 24.2 Å². The summed E-state index contributed by atoms with van der Waals surface area (Å²) in [5.74, 6) is -0.276. The first-order valence-electron chi connectivity index (χ1n) is 20.3. The third-order valence-corrected chi connectivity index (χ3v) is 5.90. The molecule has 302 valence electrons. The van der Waals surface area contributed by atoms with Gasteiger partial charge in [-0.15, -0.1) is 0 Å². The lowest BCUT2D eigenvalue weighted by atomic mass is 10.0. The van der Waals surface area contributed by atoms with Crippen LogP contribution >= 0.6 is 0 Å². The summed E-state index contributed by atoms with van der Waals surface area (Å²) in [5.41, 5.74) is 8.02. The van der Waals surface area contributed by atoms with E-state index in [1.807, 2.05) is 116 Å². The molecule has 4 rings (SSSR count). The zero-order chi connectivity index (χ0) is 42.7. The minimum atomic E-state index is -0.138. The van der Waals surface area contributed by atoms with Gasteiger partial charge in [0.1, 0.15) is 0 Å². The average molecular weight is 741 g/mol. The number of rotatable bonds is 7. The molecule has 0 heterocycles. The lowest BCUT2D eigenvalue weighted by Crippen LogP contribution is -2.11. The summed E-state index contributed by atoms with van der Waals surface area (Å²) in [7, 11) is 0. The third kappa shape index (κ3) is 33.2. The van der Waals surface area contributed by atoms with E-state index in [0.29, 0.717) is 11.1 Å². The number of carbonyl (C=O) groups is 2. The quantitative estimate of drug-likeness (QED) is 0.185. The van der Waals surface area contributed by atoms with E-state index >= 15 is 0 Å². The van der Waals surface area contributed by atoms with Gasteiger partial charge in [-0.3, -0.25) is 9.59 Å². The highest BCUT2D eigenvalue weighted by molar-refractivity contribution is 6.03. The van der Waals surface area contributed by atoms with Gasteiger partial charge in [0.15, 0.2) is 0 Å². The lowest BCUT2D eigenvalue weighted by Gasteiger charge is -2.04. The van der Waals surface area contributed by atoms with Crippen LogP contribution in [0.2, 0.25) is 0 Å². The molecule has 0 aliphatic rings. The number of benzene rings is 4. The van der Waals surface area contributed by atoms with Crippen molar-refractivity contribution in [3.63, 3.8) is 0 Å². The highest BCUT2D eigenvalue weighted by atomic mass is 16.2. The van der Waals surface area contributed by atoms with E-state index in [1.165, 1.54) is 35.1 Å². The number of amides is 2. The molecule has 4 heteroatoms. The number of nitrogens with one attached hydrogen (secondary N) is 2. The molecule has 4 nitrogen and oxygen atoms in total. The molecule has 54 heavy (non-hydrogen) atoms. The largest absolute Gasteiger partial charge is 0.322 e. The smallest absolute Gasteiger partial charge is 0.250 e. The molecule has 0 saturated carbocycles. The number of anilines is 2. The Kier molecular flexibility index (Phi) is 48.3. The minimum absolute atomic E-state index is 0.138. The van der Waals surface area contributed by atoms with Gasteiger partial charge in [-0.25, -0.2) is 0 Å². The highest BCUT2D eigenvalue weighted by Crippen LogP contribution is 2.20. The SMILES string of the molecule is C=C(C)C(=O)Nc1ccccc1.C=C(C)C(=O)Nc1ccccc1.CC.CC.CC.CC.CCC.CCC.CCc1ccc(-c2ccc(CC)cc2)cc1. The highest BCUT2D eigenvalue weighted by Gasteiger charge is 2.01. The molecule has 4 aromatic rings. The first kappa shape index (κ1) is 58.6. The van der Waals surface area contributed by atoms with Gasteiger partial charge < -0.3 is 10.6 Å². The second-order valence-corrected chi connectivity index (χ2v) is 10.7. The Bertz CT molecular complexity index is 1280. The average Bonchev–Trinajstić information content (AvgIpc) is 3.23. The van der Waals surface area contributed by atoms with Gasteiger partial charge >= 0.3 is 0 Å². The molecule has 0 fully saturated rings. The maximum absolute atomic E-state index is 11.1. The van der Waals surface area contributed by atoms with Gasteiger partial charge in [-0.05, 0) is 73.2 Å². The molecule has 0 atom stereocenters. The van der Waals surface area contributed by atoms with Crippen molar-refractivity contribution in [1.82, 2.24) is 0 Å². The molecular weight excluding hydrogens is 661 g/mol. The van der Waals surface area contributed by atoms with E-state index in [1.54, 1.807) is 13.8 Å². The third-order valence-electron chi connectivity index (χ3n) is 5.90. The molecule has 0 saturated heterocycles. The fourth-order valence-corrected chi connectivity index (χ4v) is 3.38. The number of para-hydroxylation sites is 2. The molecule has 0 radical (unpaired) electrons. The van der Waals surface area contributed by atoms with Crippen LogP contribution in [0.5, 0.6) is 0 Å². The molecule has 0 aliphatic heterocycles. The monoisotopic (exact) mass is 741 g/mol. The van der Waals surface area contributed by atoms with Gasteiger partial charge in [0.25, 0.3) is 11.8 Å². The van der Waals surface area contributed by atoms with Gasteiger partial charge in [-0.2, -0.15) is 0 Å². The van der Waals surface area contributed by atoms with Crippen LogP contribution in [0.1, 0.15) is 135 Å². The van der Waals surface area contributed by atoms with E-state index in [4.69, 9.17) is 0 Å². The normalized spacial score (nSPS) is 8.22. The summed E-state index contributed by atoms with van der Waals surface area (Å²) in [4.78, 5) is 22.2. The van der Waals surface area contributed by atoms with Crippen LogP contribution in [-0.2, 0) is 22.4 Å². The van der Waals surface area contributed by atoms with Crippen molar-refractivity contribution >= 4 is 23.2 Å². The van der Waals surface area contributed by atoms with E-state index in [9.17, 15) is 9.59 Å². The zero-order valence-corrected chi connectivity index (χ0v) is 37.5. The van der Waals surface area contributed by atoms with Crippen LogP contribution < -0.4 is 10.6 Å². The van der Waals surface area contributed by atoms with E-state index in [2.05, 4.69) is 114 Å². The van der Waals surface area contributed by atoms with Crippen LogP contribution in [0.25, 0.3) is 11.1 Å². The predicted molar refractivity (Wildman–Crippen MR) is 248 cm³/mol. The van der Waals surface area contributed by atoms with Crippen molar-refractivity contribution in [3.8, 4) is 11.1 Å². The van der Waals surface area contributed by atoms with Crippen molar-refractivity contribution in [2.45, 2.75) is 136 Å². The van der Waals surface area contributed by atoms with Crippen LogP contribution in [0.3, 0.4) is 0 Å². The van der Waals surface area contributed by atoms with Gasteiger partial charge in [0, 0.05) is 22.5 Å². The summed E-state index contributed by atoms with van der Waals surface area (Å²) in [6.45, 7) is 39.3. The van der Waals surface area contributed by atoms with Crippen LogP contribution in [0.15, 0.2) is 133 Å².